The molecule has 5 heteroatoms. The zero-order valence-electron chi connectivity index (χ0n) is 6.85. The van der Waals surface area contributed by atoms with Crippen LogP contribution in [0.2, 0.25) is 5.02 Å². The number of halogens is 1. The Labute approximate surface area is 80.8 Å². The lowest BCUT2D eigenvalue weighted by Gasteiger charge is -2.08. The first-order chi connectivity index (χ1) is 6.22. The minimum atomic E-state index is -0.876. The molecule has 4 nitrogen and oxygen atoms in total. The van der Waals surface area contributed by atoms with E-state index in [-0.39, 0.29) is 13.2 Å². The van der Waals surface area contributed by atoms with Gasteiger partial charge in [-0.2, -0.15) is 0 Å². The fraction of sp³-hybridized carbons (Fsp3) is 0.375. The summed E-state index contributed by atoms with van der Waals surface area (Å²) >= 11 is 5.64. The van der Waals surface area contributed by atoms with E-state index >= 15 is 0 Å². The first-order valence-electron chi connectivity index (χ1n) is 3.74. The second-order valence-corrected chi connectivity index (χ2v) is 2.92. The second kappa shape index (κ2) is 5.01. The highest BCUT2D eigenvalue weighted by Crippen LogP contribution is 2.14. The van der Waals surface area contributed by atoms with Crippen LogP contribution in [0, 0.1) is 0 Å². The summed E-state index contributed by atoms with van der Waals surface area (Å²) in [6, 6.07) is 1.58. The van der Waals surface area contributed by atoms with E-state index in [4.69, 9.17) is 26.6 Å². The fourth-order valence-electron chi connectivity index (χ4n) is 0.716. The molecule has 0 aliphatic rings. The van der Waals surface area contributed by atoms with Crippen molar-refractivity contribution in [2.24, 2.45) is 0 Å². The number of aromatic nitrogens is 1. The lowest BCUT2D eigenvalue weighted by Crippen LogP contribution is -2.21. The Hall–Kier alpha value is -0.840. The molecule has 1 atom stereocenters. The van der Waals surface area contributed by atoms with E-state index in [2.05, 4.69) is 4.98 Å². The van der Waals surface area contributed by atoms with Crippen molar-refractivity contribution < 1.29 is 14.9 Å². The van der Waals surface area contributed by atoms with Crippen molar-refractivity contribution in [3.8, 4) is 5.75 Å². The van der Waals surface area contributed by atoms with Crippen LogP contribution in [0.25, 0.3) is 0 Å². The third-order valence-corrected chi connectivity index (χ3v) is 1.54. The van der Waals surface area contributed by atoms with Gasteiger partial charge < -0.3 is 14.9 Å². The number of rotatable bonds is 4. The Balaban J connectivity index is 2.45. The van der Waals surface area contributed by atoms with Gasteiger partial charge in [0.25, 0.3) is 0 Å². The molecule has 1 rings (SSSR count). The highest BCUT2D eigenvalue weighted by molar-refractivity contribution is 6.30. The summed E-state index contributed by atoms with van der Waals surface area (Å²) in [6.45, 7) is -0.299. The maximum atomic E-state index is 8.96. The van der Waals surface area contributed by atoms with Gasteiger partial charge in [0.15, 0.2) is 0 Å². The number of hydrogen-bond donors (Lipinski definition) is 2. The molecule has 1 aromatic heterocycles. The SMILES string of the molecule is OCC(O)COc1cncc(Cl)c1. The van der Waals surface area contributed by atoms with E-state index in [9.17, 15) is 0 Å². The van der Waals surface area contributed by atoms with Gasteiger partial charge in [-0.3, -0.25) is 4.98 Å². The third kappa shape index (κ3) is 3.59. The number of pyridine rings is 1. The normalized spacial score (nSPS) is 12.5. The van der Waals surface area contributed by atoms with Crippen molar-refractivity contribution in [3.63, 3.8) is 0 Å². The minimum Gasteiger partial charge on any atom is -0.489 e. The first-order valence-corrected chi connectivity index (χ1v) is 4.12. The van der Waals surface area contributed by atoms with Gasteiger partial charge in [-0.25, -0.2) is 0 Å². The van der Waals surface area contributed by atoms with Crippen molar-refractivity contribution in [2.45, 2.75) is 6.10 Å². The minimum absolute atomic E-state index is 0.0263. The number of aliphatic hydroxyl groups is 2. The first kappa shape index (κ1) is 10.2. The van der Waals surface area contributed by atoms with Crippen molar-refractivity contribution in [3.05, 3.63) is 23.5 Å². The van der Waals surface area contributed by atoms with Crippen LogP contribution in [0.4, 0.5) is 0 Å². The van der Waals surface area contributed by atoms with Crippen molar-refractivity contribution in [2.75, 3.05) is 13.2 Å². The van der Waals surface area contributed by atoms with Gasteiger partial charge in [0, 0.05) is 12.3 Å². The molecule has 0 spiro atoms. The molecule has 0 fully saturated rings. The summed E-state index contributed by atoms with van der Waals surface area (Å²) in [5.41, 5.74) is 0. The van der Waals surface area contributed by atoms with Crippen LogP contribution in [0.15, 0.2) is 18.5 Å². The Bertz CT molecular complexity index is 269. The molecule has 2 N–H and O–H groups in total. The quantitative estimate of drug-likeness (QED) is 0.747. The predicted molar refractivity (Wildman–Crippen MR) is 47.8 cm³/mol. The smallest absolute Gasteiger partial charge is 0.139 e. The molecular formula is C8H10ClNO3. The van der Waals surface area contributed by atoms with Gasteiger partial charge in [0.1, 0.15) is 18.5 Å². The largest absolute Gasteiger partial charge is 0.489 e. The van der Waals surface area contributed by atoms with E-state index in [1.54, 1.807) is 6.07 Å². The van der Waals surface area contributed by atoms with Crippen LogP contribution >= 0.6 is 11.6 Å². The monoisotopic (exact) mass is 203 g/mol. The molecule has 0 amide bonds. The summed E-state index contributed by atoms with van der Waals surface area (Å²) in [4.78, 5) is 3.79. The van der Waals surface area contributed by atoms with Crippen LogP contribution < -0.4 is 4.74 Å². The fourth-order valence-corrected chi connectivity index (χ4v) is 0.880. The van der Waals surface area contributed by atoms with Crippen molar-refractivity contribution in [1.29, 1.82) is 0 Å². The van der Waals surface area contributed by atoms with Gasteiger partial charge in [-0.15, -0.1) is 0 Å². The highest BCUT2D eigenvalue weighted by atomic mass is 35.5. The molecule has 0 aliphatic heterocycles. The molecule has 1 heterocycles. The Morgan fingerprint density at radius 3 is 2.92 bits per heavy atom. The number of hydrogen-bond acceptors (Lipinski definition) is 4. The zero-order chi connectivity index (χ0) is 9.68. The number of ether oxygens (including phenoxy) is 1. The van der Waals surface area contributed by atoms with Crippen LogP contribution in [0.5, 0.6) is 5.75 Å². The lowest BCUT2D eigenvalue weighted by atomic mass is 10.4. The van der Waals surface area contributed by atoms with E-state index in [0.29, 0.717) is 10.8 Å². The molecule has 1 unspecified atom stereocenters. The predicted octanol–water partition coefficient (Wildman–Crippen LogP) is 0.467. The molecule has 72 valence electrons. The van der Waals surface area contributed by atoms with Gasteiger partial charge in [0.2, 0.25) is 0 Å². The highest BCUT2D eigenvalue weighted by Gasteiger charge is 2.03. The molecular weight excluding hydrogens is 194 g/mol. The van der Waals surface area contributed by atoms with Crippen LogP contribution in [0.3, 0.4) is 0 Å². The third-order valence-electron chi connectivity index (χ3n) is 1.33. The van der Waals surface area contributed by atoms with E-state index in [1.165, 1.54) is 12.4 Å². The standard InChI is InChI=1S/C8H10ClNO3/c9-6-1-8(3-10-2-6)13-5-7(12)4-11/h1-3,7,11-12H,4-5H2. The average molecular weight is 204 g/mol. The van der Waals surface area contributed by atoms with E-state index in [0.717, 1.165) is 0 Å². The summed E-state index contributed by atoms with van der Waals surface area (Å²) < 4.78 is 5.08. The van der Waals surface area contributed by atoms with Gasteiger partial charge >= 0.3 is 0 Å². The maximum absolute atomic E-state index is 8.96. The zero-order valence-corrected chi connectivity index (χ0v) is 7.61. The molecule has 1 aromatic rings. The molecule has 0 saturated heterocycles. The van der Waals surface area contributed by atoms with Gasteiger partial charge in [0.05, 0.1) is 17.8 Å². The number of nitrogens with zero attached hydrogens (tertiary/aromatic N) is 1. The molecule has 0 aliphatic carbocycles. The van der Waals surface area contributed by atoms with E-state index < -0.39 is 6.10 Å². The van der Waals surface area contributed by atoms with Crippen molar-refractivity contribution >= 4 is 11.6 Å². The molecule has 0 aromatic carbocycles. The van der Waals surface area contributed by atoms with E-state index in [1.807, 2.05) is 0 Å². The van der Waals surface area contributed by atoms with Crippen LogP contribution in [0.1, 0.15) is 0 Å². The molecule has 13 heavy (non-hydrogen) atoms. The summed E-state index contributed by atoms with van der Waals surface area (Å²) in [7, 11) is 0. The molecule has 0 saturated carbocycles. The Morgan fingerprint density at radius 2 is 2.31 bits per heavy atom. The number of aliphatic hydroxyl groups excluding tert-OH is 2. The molecule has 0 bridgehead atoms. The van der Waals surface area contributed by atoms with Crippen LogP contribution in [-0.4, -0.2) is 34.5 Å². The van der Waals surface area contributed by atoms with Crippen LogP contribution in [-0.2, 0) is 0 Å². The maximum Gasteiger partial charge on any atom is 0.139 e. The topological polar surface area (TPSA) is 62.6 Å². The van der Waals surface area contributed by atoms with Gasteiger partial charge in [-0.05, 0) is 0 Å². The van der Waals surface area contributed by atoms with Gasteiger partial charge in [-0.1, -0.05) is 11.6 Å². The lowest BCUT2D eigenvalue weighted by molar-refractivity contribution is 0.0535. The average Bonchev–Trinajstić information content (AvgIpc) is 2.14. The molecule has 0 radical (unpaired) electrons. The summed E-state index contributed by atoms with van der Waals surface area (Å²) in [6.07, 6.45) is 2.09. The second-order valence-electron chi connectivity index (χ2n) is 2.49. The Morgan fingerprint density at radius 1 is 1.54 bits per heavy atom. The summed E-state index contributed by atoms with van der Waals surface area (Å²) in [5.74, 6) is 0.472. The van der Waals surface area contributed by atoms with Crippen molar-refractivity contribution in [1.82, 2.24) is 4.98 Å². The summed E-state index contributed by atoms with van der Waals surface area (Å²) in [5, 5.41) is 17.9. The Kier molecular flexibility index (Phi) is 3.95.